The summed E-state index contributed by atoms with van der Waals surface area (Å²) in [7, 11) is 0. The number of aromatic nitrogens is 2. The number of nitrogens with zero attached hydrogens (tertiary/aromatic N) is 2. The molecule has 4 aromatic rings. The molecule has 136 valence electrons. The van der Waals surface area contributed by atoms with Crippen LogP contribution in [0.15, 0.2) is 59.2 Å². The summed E-state index contributed by atoms with van der Waals surface area (Å²) in [4.78, 5) is 9.21. The van der Waals surface area contributed by atoms with Crippen LogP contribution in [0, 0.1) is 20.8 Å². The zero-order valence-electron chi connectivity index (χ0n) is 16.1. The number of hydrogen-bond donors (Lipinski definition) is 1. The van der Waals surface area contributed by atoms with Crippen LogP contribution in [0.3, 0.4) is 0 Å². The first kappa shape index (κ1) is 17.3. The summed E-state index contributed by atoms with van der Waals surface area (Å²) in [5.74, 6) is 1.57. The fourth-order valence-electron chi connectivity index (χ4n) is 3.35. The van der Waals surface area contributed by atoms with Gasteiger partial charge < -0.3 is 9.73 Å². The van der Waals surface area contributed by atoms with Gasteiger partial charge in [-0.2, -0.15) is 0 Å². The van der Waals surface area contributed by atoms with Crippen molar-refractivity contribution in [3.63, 3.8) is 0 Å². The lowest BCUT2D eigenvalue weighted by molar-refractivity contribution is 0.613. The van der Waals surface area contributed by atoms with Crippen LogP contribution in [-0.2, 0) is 0 Å². The van der Waals surface area contributed by atoms with Gasteiger partial charge in [0.25, 0.3) is 0 Å². The lowest BCUT2D eigenvalue weighted by Crippen LogP contribution is -2.09. The van der Waals surface area contributed by atoms with Crippen LogP contribution in [-0.4, -0.2) is 9.97 Å². The monoisotopic (exact) mass is 357 g/mol. The predicted octanol–water partition coefficient (Wildman–Crippen LogP) is 5.99. The molecule has 0 aliphatic rings. The van der Waals surface area contributed by atoms with Gasteiger partial charge in [0.1, 0.15) is 17.2 Å². The molecule has 0 saturated carbocycles. The Balaban J connectivity index is 1.67. The number of benzene rings is 2. The SMILES string of the molecule is Cc1cccc(C(C)Nc2cc(-c3ccc4occ(C)c4c3)nc(C)n2)c1. The molecule has 0 saturated heterocycles. The number of aryl methyl sites for hydroxylation is 3. The molecule has 4 rings (SSSR count). The van der Waals surface area contributed by atoms with Crippen LogP contribution >= 0.6 is 0 Å². The maximum Gasteiger partial charge on any atom is 0.134 e. The summed E-state index contributed by atoms with van der Waals surface area (Å²) in [6.45, 7) is 8.23. The minimum absolute atomic E-state index is 0.158. The van der Waals surface area contributed by atoms with Gasteiger partial charge in [-0.15, -0.1) is 0 Å². The van der Waals surface area contributed by atoms with Crippen LogP contribution in [0.1, 0.15) is 35.5 Å². The maximum atomic E-state index is 5.55. The van der Waals surface area contributed by atoms with Crippen molar-refractivity contribution >= 4 is 16.8 Å². The Morgan fingerprint density at radius 1 is 0.963 bits per heavy atom. The van der Waals surface area contributed by atoms with Gasteiger partial charge in [0.15, 0.2) is 0 Å². The normalized spacial score (nSPS) is 12.3. The third-order valence-electron chi connectivity index (χ3n) is 4.81. The number of fused-ring (bicyclic) bond motifs is 1. The molecule has 1 unspecified atom stereocenters. The van der Waals surface area contributed by atoms with Gasteiger partial charge in [0, 0.05) is 23.1 Å². The van der Waals surface area contributed by atoms with Crippen molar-refractivity contribution in [3.8, 4) is 11.3 Å². The molecular weight excluding hydrogens is 334 g/mol. The van der Waals surface area contributed by atoms with Gasteiger partial charge in [0.05, 0.1) is 12.0 Å². The van der Waals surface area contributed by atoms with E-state index < -0.39 is 0 Å². The van der Waals surface area contributed by atoms with Crippen LogP contribution in [0.5, 0.6) is 0 Å². The molecule has 4 nitrogen and oxygen atoms in total. The third kappa shape index (κ3) is 3.56. The van der Waals surface area contributed by atoms with Crippen LogP contribution in [0.4, 0.5) is 5.82 Å². The summed E-state index contributed by atoms with van der Waals surface area (Å²) in [6, 6.07) is 16.9. The number of hydrogen-bond acceptors (Lipinski definition) is 4. The average Bonchev–Trinajstić information content (AvgIpc) is 3.02. The largest absolute Gasteiger partial charge is 0.464 e. The molecule has 0 aliphatic heterocycles. The Labute approximate surface area is 159 Å². The van der Waals surface area contributed by atoms with Gasteiger partial charge in [-0.3, -0.25) is 0 Å². The maximum absolute atomic E-state index is 5.55. The Morgan fingerprint density at radius 3 is 2.63 bits per heavy atom. The third-order valence-corrected chi connectivity index (χ3v) is 4.81. The highest BCUT2D eigenvalue weighted by Gasteiger charge is 2.11. The van der Waals surface area contributed by atoms with Crippen molar-refractivity contribution in [2.45, 2.75) is 33.7 Å². The lowest BCUT2D eigenvalue weighted by atomic mass is 10.1. The second-order valence-electron chi connectivity index (χ2n) is 7.10. The summed E-state index contributed by atoms with van der Waals surface area (Å²) in [5, 5.41) is 4.63. The van der Waals surface area contributed by atoms with Crippen molar-refractivity contribution in [2.24, 2.45) is 0 Å². The lowest BCUT2D eigenvalue weighted by Gasteiger charge is -2.16. The van der Waals surface area contributed by atoms with E-state index in [1.165, 1.54) is 11.1 Å². The minimum Gasteiger partial charge on any atom is -0.464 e. The van der Waals surface area contributed by atoms with Crippen LogP contribution in [0.2, 0.25) is 0 Å². The number of rotatable bonds is 4. The fourth-order valence-corrected chi connectivity index (χ4v) is 3.35. The molecule has 2 aromatic heterocycles. The number of nitrogens with one attached hydrogen (secondary N) is 1. The first-order chi connectivity index (χ1) is 13.0. The first-order valence-corrected chi connectivity index (χ1v) is 9.16. The number of anilines is 1. The molecule has 4 heteroatoms. The van der Waals surface area contributed by atoms with E-state index in [0.29, 0.717) is 0 Å². The van der Waals surface area contributed by atoms with E-state index in [-0.39, 0.29) is 6.04 Å². The zero-order chi connectivity index (χ0) is 19.0. The number of furan rings is 1. The van der Waals surface area contributed by atoms with E-state index >= 15 is 0 Å². The van der Waals surface area contributed by atoms with Gasteiger partial charge in [-0.05, 0) is 57.0 Å². The van der Waals surface area contributed by atoms with Crippen molar-refractivity contribution in [1.29, 1.82) is 0 Å². The molecule has 1 atom stereocenters. The average molecular weight is 357 g/mol. The van der Waals surface area contributed by atoms with E-state index in [2.05, 4.69) is 66.4 Å². The van der Waals surface area contributed by atoms with Crippen molar-refractivity contribution in [3.05, 3.63) is 77.3 Å². The molecule has 0 fully saturated rings. The summed E-state index contributed by atoms with van der Waals surface area (Å²) < 4.78 is 5.55. The molecule has 0 spiro atoms. The van der Waals surface area contributed by atoms with Crippen LogP contribution < -0.4 is 5.32 Å². The summed E-state index contributed by atoms with van der Waals surface area (Å²) in [5.41, 5.74) is 6.48. The van der Waals surface area contributed by atoms with Gasteiger partial charge in [-0.1, -0.05) is 29.8 Å². The quantitative estimate of drug-likeness (QED) is 0.487. The van der Waals surface area contributed by atoms with E-state index in [0.717, 1.165) is 39.4 Å². The van der Waals surface area contributed by atoms with Crippen molar-refractivity contribution < 1.29 is 4.42 Å². The molecule has 0 aliphatic carbocycles. The molecular formula is C23H23N3O. The molecule has 0 amide bonds. The topological polar surface area (TPSA) is 51.0 Å². The zero-order valence-corrected chi connectivity index (χ0v) is 16.1. The van der Waals surface area contributed by atoms with E-state index in [1.54, 1.807) is 6.26 Å². The highest BCUT2D eigenvalue weighted by atomic mass is 16.3. The molecule has 0 bridgehead atoms. The fraction of sp³-hybridized carbons (Fsp3) is 0.217. The summed E-state index contributed by atoms with van der Waals surface area (Å²) in [6.07, 6.45) is 1.79. The van der Waals surface area contributed by atoms with Crippen molar-refractivity contribution in [1.82, 2.24) is 9.97 Å². The second-order valence-corrected chi connectivity index (χ2v) is 7.10. The second kappa shape index (κ2) is 6.88. The molecule has 2 aromatic carbocycles. The molecule has 1 N–H and O–H groups in total. The standard InChI is InChI=1S/C23H23N3O/c1-14-6-5-7-18(10-14)16(3)24-23-12-21(25-17(4)26-23)19-8-9-22-20(11-19)15(2)13-27-22/h5-13,16H,1-4H3,(H,24,25,26). The van der Waals surface area contributed by atoms with Gasteiger partial charge in [0.2, 0.25) is 0 Å². The van der Waals surface area contributed by atoms with E-state index in [9.17, 15) is 0 Å². The molecule has 27 heavy (non-hydrogen) atoms. The smallest absolute Gasteiger partial charge is 0.134 e. The Hall–Kier alpha value is -3.14. The van der Waals surface area contributed by atoms with Crippen molar-refractivity contribution in [2.75, 3.05) is 5.32 Å². The van der Waals surface area contributed by atoms with E-state index in [4.69, 9.17) is 4.42 Å². The van der Waals surface area contributed by atoms with Gasteiger partial charge in [-0.25, -0.2) is 9.97 Å². The first-order valence-electron chi connectivity index (χ1n) is 9.16. The van der Waals surface area contributed by atoms with Crippen LogP contribution in [0.25, 0.3) is 22.2 Å². The highest BCUT2D eigenvalue weighted by molar-refractivity contribution is 5.85. The minimum atomic E-state index is 0.158. The highest BCUT2D eigenvalue weighted by Crippen LogP contribution is 2.28. The molecule has 0 radical (unpaired) electrons. The van der Waals surface area contributed by atoms with E-state index in [1.807, 2.05) is 25.1 Å². The predicted molar refractivity (Wildman–Crippen MR) is 110 cm³/mol. The Bertz CT molecular complexity index is 1110. The molecule has 2 heterocycles. The Kier molecular flexibility index (Phi) is 4.40. The Morgan fingerprint density at radius 2 is 1.81 bits per heavy atom. The summed E-state index contributed by atoms with van der Waals surface area (Å²) >= 11 is 0. The van der Waals surface area contributed by atoms with Gasteiger partial charge >= 0.3 is 0 Å².